The van der Waals surface area contributed by atoms with E-state index in [1.165, 1.54) is 32.8 Å². The Bertz CT molecular complexity index is 2780. The molecule has 0 radical (unpaired) electrons. The Balaban J connectivity index is 1.28. The predicted octanol–water partition coefficient (Wildman–Crippen LogP) is 11.7. The molecule has 49 heavy (non-hydrogen) atoms. The number of aryl methyl sites for hydroxylation is 1. The lowest BCUT2D eigenvalue weighted by Crippen LogP contribution is -2.01. The Hall–Kier alpha value is -6.39. The molecule has 1 aliphatic rings. The van der Waals surface area contributed by atoms with E-state index in [4.69, 9.17) is 19.4 Å². The van der Waals surface area contributed by atoms with Gasteiger partial charge in [-0.3, -0.25) is 0 Å². The topological polar surface area (TPSA) is 51.8 Å². The number of rotatable bonds is 4. The van der Waals surface area contributed by atoms with Crippen molar-refractivity contribution < 1.29 is 4.42 Å². The van der Waals surface area contributed by atoms with Crippen LogP contribution in [0.2, 0.25) is 0 Å². The van der Waals surface area contributed by atoms with Gasteiger partial charge in [-0.05, 0) is 87.0 Å². The zero-order valence-electron chi connectivity index (χ0n) is 26.6. The van der Waals surface area contributed by atoms with Crippen molar-refractivity contribution in [1.82, 2.24) is 15.0 Å². The second-order valence-corrected chi connectivity index (χ2v) is 12.7. The first kappa shape index (κ1) is 27.7. The summed E-state index contributed by atoms with van der Waals surface area (Å²) < 4.78 is 6.60. The van der Waals surface area contributed by atoms with Gasteiger partial charge in [0.1, 0.15) is 11.2 Å². The third-order valence-electron chi connectivity index (χ3n) is 9.75. The van der Waals surface area contributed by atoms with Crippen molar-refractivity contribution in [3.05, 3.63) is 157 Å². The first-order valence-corrected chi connectivity index (χ1v) is 16.7. The fraction of sp³-hybridized carbons (Fsp3) is 0.0444. The van der Waals surface area contributed by atoms with E-state index < -0.39 is 0 Å². The van der Waals surface area contributed by atoms with Crippen molar-refractivity contribution in [2.24, 2.45) is 0 Å². The number of hydrogen-bond donors (Lipinski definition) is 0. The second kappa shape index (κ2) is 11.1. The van der Waals surface area contributed by atoms with Crippen LogP contribution < -0.4 is 0 Å². The third-order valence-corrected chi connectivity index (χ3v) is 9.75. The van der Waals surface area contributed by atoms with Gasteiger partial charge in [0.15, 0.2) is 17.5 Å². The number of furan rings is 1. The molecule has 0 fully saturated rings. The highest BCUT2D eigenvalue weighted by Crippen LogP contribution is 2.43. The van der Waals surface area contributed by atoms with Crippen LogP contribution in [0.1, 0.15) is 17.5 Å². The highest BCUT2D eigenvalue weighted by atomic mass is 16.3. The number of para-hydroxylation sites is 1. The smallest absolute Gasteiger partial charge is 0.164 e. The molecular formula is C45H29N3O. The summed E-state index contributed by atoms with van der Waals surface area (Å²) in [6.07, 6.45) is 6.63. The first-order chi connectivity index (χ1) is 24.3. The van der Waals surface area contributed by atoms with Gasteiger partial charge in [0.05, 0.1) is 0 Å². The Morgan fingerprint density at radius 1 is 0.469 bits per heavy atom. The molecule has 230 valence electrons. The van der Waals surface area contributed by atoms with Crippen molar-refractivity contribution >= 4 is 49.6 Å². The Labute approximate surface area is 283 Å². The minimum absolute atomic E-state index is 0.612. The molecule has 0 aliphatic heterocycles. The third kappa shape index (κ3) is 4.64. The molecule has 2 aromatic heterocycles. The summed E-state index contributed by atoms with van der Waals surface area (Å²) in [4.78, 5) is 15.5. The molecule has 0 bridgehead atoms. The van der Waals surface area contributed by atoms with Crippen molar-refractivity contribution in [3.8, 4) is 45.3 Å². The normalized spacial score (nSPS) is 12.7. The van der Waals surface area contributed by atoms with Crippen LogP contribution in [-0.4, -0.2) is 15.0 Å². The molecule has 0 unspecified atom stereocenters. The number of allylic oxidation sites excluding steroid dienone is 1. The highest BCUT2D eigenvalue weighted by Gasteiger charge is 2.22. The summed E-state index contributed by atoms with van der Waals surface area (Å²) in [7, 11) is 0. The van der Waals surface area contributed by atoms with Crippen molar-refractivity contribution in [2.75, 3.05) is 0 Å². The molecule has 4 heteroatoms. The largest absolute Gasteiger partial charge is 0.456 e. The van der Waals surface area contributed by atoms with Crippen LogP contribution in [0.4, 0.5) is 0 Å². The van der Waals surface area contributed by atoms with Crippen molar-refractivity contribution in [2.45, 2.75) is 12.8 Å². The van der Waals surface area contributed by atoms with Gasteiger partial charge in [-0.25, -0.2) is 15.0 Å². The second-order valence-electron chi connectivity index (χ2n) is 12.7. The summed E-state index contributed by atoms with van der Waals surface area (Å²) in [5.74, 6) is 1.87. The Kier molecular flexibility index (Phi) is 6.28. The molecule has 4 nitrogen and oxygen atoms in total. The lowest BCUT2D eigenvalue weighted by Gasteiger charge is -2.19. The summed E-state index contributed by atoms with van der Waals surface area (Å²) >= 11 is 0. The van der Waals surface area contributed by atoms with E-state index in [9.17, 15) is 0 Å². The SMILES string of the molecule is C1=Cc2c(-c3cc(-c4nc(-c5ccccc5)nc(-c5ccc6ccccc6c5)n4)c4c(c3)oc3ccccc34)cc3ccccc3c2CC1. The van der Waals surface area contributed by atoms with E-state index in [2.05, 4.69) is 121 Å². The maximum absolute atomic E-state index is 6.60. The van der Waals surface area contributed by atoms with Gasteiger partial charge in [0, 0.05) is 27.5 Å². The van der Waals surface area contributed by atoms with Crippen molar-refractivity contribution in [1.29, 1.82) is 0 Å². The summed E-state index contributed by atoms with van der Waals surface area (Å²) in [5, 5.41) is 6.91. The van der Waals surface area contributed by atoms with Gasteiger partial charge in [-0.15, -0.1) is 0 Å². The maximum atomic E-state index is 6.60. The first-order valence-electron chi connectivity index (χ1n) is 16.7. The quantitative estimate of drug-likeness (QED) is 0.195. The molecule has 0 spiro atoms. The molecule has 10 rings (SSSR count). The number of benzene rings is 7. The molecule has 0 saturated carbocycles. The summed E-state index contributed by atoms with van der Waals surface area (Å²) in [6, 6.07) is 48.6. The number of fused-ring (bicyclic) bond motifs is 7. The zero-order chi connectivity index (χ0) is 32.3. The molecule has 9 aromatic rings. The molecule has 0 saturated heterocycles. The molecule has 0 amide bonds. The Morgan fingerprint density at radius 3 is 2.06 bits per heavy atom. The van der Waals surface area contributed by atoms with E-state index in [-0.39, 0.29) is 0 Å². The fourth-order valence-corrected chi connectivity index (χ4v) is 7.42. The van der Waals surface area contributed by atoms with Crippen molar-refractivity contribution in [3.63, 3.8) is 0 Å². The maximum Gasteiger partial charge on any atom is 0.164 e. The molecule has 7 aromatic carbocycles. The van der Waals surface area contributed by atoms with Crippen LogP contribution in [0.3, 0.4) is 0 Å². The standard InChI is InChI=1S/C45H29N3O/c1-2-13-29(14-3-1)43-46-44(32-23-22-28-12-4-5-15-30(28)24-32)48-45(47-43)39-26-33(27-41-42(39)37-20-10-11-21-40(37)49-41)38-25-31-16-6-7-17-34(31)35-18-8-9-19-36(35)38/h1-7,9-17,19-27H,8,18H2. The molecule has 2 heterocycles. The average molecular weight is 628 g/mol. The van der Waals surface area contributed by atoms with E-state index in [0.29, 0.717) is 17.5 Å². The molecule has 0 atom stereocenters. The van der Waals surface area contributed by atoms with Crippen LogP contribution in [0, 0.1) is 0 Å². The lowest BCUT2D eigenvalue weighted by molar-refractivity contribution is 0.669. The van der Waals surface area contributed by atoms with Crippen LogP contribution in [-0.2, 0) is 6.42 Å². The van der Waals surface area contributed by atoms with Gasteiger partial charge in [0.25, 0.3) is 0 Å². The molecule has 1 aliphatic carbocycles. The van der Waals surface area contributed by atoms with Crippen LogP contribution in [0.15, 0.2) is 150 Å². The van der Waals surface area contributed by atoms with Crippen LogP contribution >= 0.6 is 0 Å². The fourth-order valence-electron chi connectivity index (χ4n) is 7.42. The number of aromatic nitrogens is 3. The van der Waals surface area contributed by atoms with Crippen LogP contribution in [0.25, 0.3) is 94.8 Å². The summed E-state index contributed by atoms with van der Waals surface area (Å²) in [5.41, 5.74) is 9.36. The predicted molar refractivity (Wildman–Crippen MR) is 201 cm³/mol. The van der Waals surface area contributed by atoms with E-state index >= 15 is 0 Å². The minimum atomic E-state index is 0.612. The minimum Gasteiger partial charge on any atom is -0.456 e. The van der Waals surface area contributed by atoms with Crippen LogP contribution in [0.5, 0.6) is 0 Å². The van der Waals surface area contributed by atoms with Gasteiger partial charge in [0.2, 0.25) is 0 Å². The monoisotopic (exact) mass is 627 g/mol. The van der Waals surface area contributed by atoms with E-state index in [0.717, 1.165) is 62.4 Å². The zero-order valence-corrected chi connectivity index (χ0v) is 26.6. The molecule has 0 N–H and O–H groups in total. The Morgan fingerprint density at radius 2 is 1.18 bits per heavy atom. The summed E-state index contributed by atoms with van der Waals surface area (Å²) in [6.45, 7) is 0. The number of nitrogens with zero attached hydrogens (tertiary/aromatic N) is 3. The van der Waals surface area contributed by atoms with Gasteiger partial charge < -0.3 is 4.42 Å². The van der Waals surface area contributed by atoms with Gasteiger partial charge >= 0.3 is 0 Å². The van der Waals surface area contributed by atoms with Gasteiger partial charge in [-0.1, -0.05) is 121 Å². The molecular weight excluding hydrogens is 599 g/mol. The van der Waals surface area contributed by atoms with E-state index in [1.54, 1.807) is 0 Å². The number of hydrogen-bond acceptors (Lipinski definition) is 4. The average Bonchev–Trinajstić information content (AvgIpc) is 3.56. The highest BCUT2D eigenvalue weighted by molar-refractivity contribution is 6.13. The van der Waals surface area contributed by atoms with E-state index in [1.807, 2.05) is 30.3 Å². The van der Waals surface area contributed by atoms with Gasteiger partial charge in [-0.2, -0.15) is 0 Å². The lowest BCUT2D eigenvalue weighted by atomic mass is 9.85.